The predicted octanol–water partition coefficient (Wildman–Crippen LogP) is 3.79. The minimum absolute atomic E-state index is 0.0341. The van der Waals surface area contributed by atoms with Crippen molar-refractivity contribution in [2.45, 2.75) is 27.2 Å². The smallest absolute Gasteiger partial charge is 0.263 e. The number of nitrogens with one attached hydrogen (secondary N) is 1. The van der Waals surface area contributed by atoms with Crippen LogP contribution in [-0.4, -0.2) is 12.5 Å². The lowest BCUT2D eigenvalue weighted by Crippen LogP contribution is -2.33. The summed E-state index contributed by atoms with van der Waals surface area (Å²) in [6, 6.07) is 4.75. The molecule has 0 unspecified atom stereocenters. The maximum Gasteiger partial charge on any atom is 0.263 e. The van der Waals surface area contributed by atoms with Crippen LogP contribution in [0.3, 0.4) is 0 Å². The monoisotopic (exact) mass is 294 g/mol. The molecule has 0 fully saturated rings. The van der Waals surface area contributed by atoms with Gasteiger partial charge in [-0.15, -0.1) is 11.3 Å². The summed E-state index contributed by atoms with van der Waals surface area (Å²) in [4.78, 5) is 12.6. The summed E-state index contributed by atoms with van der Waals surface area (Å²) < 4.78 is 14.4. The quantitative estimate of drug-likeness (QED) is 0.901. The van der Waals surface area contributed by atoms with E-state index in [0.717, 1.165) is 6.42 Å². The Balaban J connectivity index is 2.27. The Hall–Kier alpha value is -1.62. The standard InChI is InChI=1S/C15H19FN2OS/c1-4-15(2,3)8-18-14(19)13-12(17)11-9(16)6-5-7-10(11)20-13/h5-7H,4,8,17H2,1-3H3,(H,18,19). The van der Waals surface area contributed by atoms with Gasteiger partial charge in [-0.3, -0.25) is 4.79 Å². The molecule has 0 aliphatic heterocycles. The molecule has 1 aromatic heterocycles. The molecule has 108 valence electrons. The van der Waals surface area contributed by atoms with E-state index in [-0.39, 0.29) is 22.8 Å². The van der Waals surface area contributed by atoms with E-state index in [9.17, 15) is 9.18 Å². The largest absolute Gasteiger partial charge is 0.397 e. The summed E-state index contributed by atoms with van der Waals surface area (Å²) in [5.74, 6) is -0.617. The van der Waals surface area contributed by atoms with Crippen molar-refractivity contribution in [3.05, 3.63) is 28.9 Å². The number of halogens is 1. The van der Waals surface area contributed by atoms with Gasteiger partial charge in [0.05, 0.1) is 11.1 Å². The van der Waals surface area contributed by atoms with Crippen LogP contribution in [0.5, 0.6) is 0 Å². The number of rotatable bonds is 4. The van der Waals surface area contributed by atoms with Gasteiger partial charge in [0.25, 0.3) is 5.91 Å². The minimum Gasteiger partial charge on any atom is -0.397 e. The van der Waals surface area contributed by atoms with Crippen molar-refractivity contribution in [1.29, 1.82) is 0 Å². The highest BCUT2D eigenvalue weighted by Crippen LogP contribution is 2.35. The van der Waals surface area contributed by atoms with Gasteiger partial charge in [0.1, 0.15) is 10.7 Å². The van der Waals surface area contributed by atoms with Crippen molar-refractivity contribution < 1.29 is 9.18 Å². The molecule has 0 atom stereocenters. The summed E-state index contributed by atoms with van der Waals surface area (Å²) in [5.41, 5.74) is 6.19. The molecule has 0 bridgehead atoms. The third-order valence-electron chi connectivity index (χ3n) is 3.59. The first-order chi connectivity index (χ1) is 9.35. The van der Waals surface area contributed by atoms with Crippen LogP contribution >= 0.6 is 11.3 Å². The fourth-order valence-corrected chi connectivity index (χ4v) is 2.88. The van der Waals surface area contributed by atoms with Crippen molar-refractivity contribution in [3.8, 4) is 0 Å². The van der Waals surface area contributed by atoms with E-state index in [2.05, 4.69) is 26.1 Å². The zero-order chi connectivity index (χ0) is 14.9. The number of carbonyl (C=O) groups is 1. The van der Waals surface area contributed by atoms with Crippen LogP contribution in [-0.2, 0) is 0 Å². The molecule has 0 spiro atoms. The molecule has 0 saturated heterocycles. The second kappa shape index (κ2) is 5.40. The number of thiophene rings is 1. The number of fused-ring (bicyclic) bond motifs is 1. The number of nitrogens with two attached hydrogens (primary N) is 1. The van der Waals surface area contributed by atoms with Crippen molar-refractivity contribution in [2.75, 3.05) is 12.3 Å². The van der Waals surface area contributed by atoms with Crippen LogP contribution < -0.4 is 11.1 Å². The molecule has 3 N–H and O–H groups in total. The fourth-order valence-electron chi connectivity index (χ4n) is 1.82. The maximum atomic E-state index is 13.7. The molecule has 20 heavy (non-hydrogen) atoms. The first-order valence-corrected chi connectivity index (χ1v) is 7.42. The van der Waals surface area contributed by atoms with Crippen molar-refractivity contribution in [1.82, 2.24) is 5.32 Å². The highest BCUT2D eigenvalue weighted by Gasteiger charge is 2.21. The Morgan fingerprint density at radius 3 is 2.75 bits per heavy atom. The molecule has 0 aliphatic carbocycles. The van der Waals surface area contributed by atoms with Crippen LogP contribution in [0.4, 0.5) is 10.1 Å². The van der Waals surface area contributed by atoms with E-state index in [1.54, 1.807) is 12.1 Å². The molecule has 1 heterocycles. The lowest BCUT2D eigenvalue weighted by molar-refractivity contribution is 0.0940. The molecule has 1 aromatic carbocycles. The minimum atomic E-state index is -0.385. The van der Waals surface area contributed by atoms with Crippen molar-refractivity contribution in [2.24, 2.45) is 5.41 Å². The molecular formula is C15H19FN2OS. The maximum absolute atomic E-state index is 13.7. The Kier molecular flexibility index (Phi) is 3.99. The summed E-state index contributed by atoms with van der Waals surface area (Å²) in [7, 11) is 0. The van der Waals surface area contributed by atoms with Gasteiger partial charge >= 0.3 is 0 Å². The number of hydrogen-bond donors (Lipinski definition) is 2. The second-order valence-electron chi connectivity index (χ2n) is 5.66. The summed E-state index contributed by atoms with van der Waals surface area (Å²) in [6.07, 6.45) is 0.962. The Morgan fingerprint density at radius 1 is 1.45 bits per heavy atom. The number of benzene rings is 1. The topological polar surface area (TPSA) is 55.1 Å². The molecule has 5 heteroatoms. The zero-order valence-corrected chi connectivity index (χ0v) is 12.7. The molecule has 2 aromatic rings. The SMILES string of the molecule is CCC(C)(C)CNC(=O)c1sc2cccc(F)c2c1N. The normalized spacial score (nSPS) is 11.8. The molecule has 1 amide bonds. The zero-order valence-electron chi connectivity index (χ0n) is 11.9. The van der Waals surface area contributed by atoms with Crippen LogP contribution in [0, 0.1) is 11.2 Å². The average Bonchev–Trinajstić information content (AvgIpc) is 2.75. The van der Waals surface area contributed by atoms with Crippen LogP contribution in [0.15, 0.2) is 18.2 Å². The highest BCUT2D eigenvalue weighted by molar-refractivity contribution is 7.21. The molecule has 0 aliphatic rings. The third-order valence-corrected chi connectivity index (χ3v) is 4.76. The lowest BCUT2D eigenvalue weighted by atomic mass is 9.90. The summed E-state index contributed by atoms with van der Waals surface area (Å²) in [6.45, 7) is 6.82. The molecular weight excluding hydrogens is 275 g/mol. The van der Waals surface area contributed by atoms with Crippen molar-refractivity contribution in [3.63, 3.8) is 0 Å². The van der Waals surface area contributed by atoms with E-state index < -0.39 is 0 Å². The molecule has 0 radical (unpaired) electrons. The highest BCUT2D eigenvalue weighted by atomic mass is 32.1. The molecule has 2 rings (SSSR count). The number of anilines is 1. The predicted molar refractivity (Wildman–Crippen MR) is 82.6 cm³/mol. The molecule has 0 saturated carbocycles. The Morgan fingerprint density at radius 2 is 2.15 bits per heavy atom. The van der Waals surface area contributed by atoms with Gasteiger partial charge in [0.15, 0.2) is 0 Å². The number of amides is 1. The van der Waals surface area contributed by atoms with Gasteiger partial charge in [0.2, 0.25) is 0 Å². The van der Waals surface area contributed by atoms with E-state index >= 15 is 0 Å². The fraction of sp³-hybridized carbons (Fsp3) is 0.400. The number of hydrogen-bond acceptors (Lipinski definition) is 3. The Bertz CT molecular complexity index is 649. The van der Waals surface area contributed by atoms with Gasteiger partial charge in [-0.2, -0.15) is 0 Å². The van der Waals surface area contributed by atoms with Gasteiger partial charge in [0, 0.05) is 11.2 Å². The summed E-state index contributed by atoms with van der Waals surface area (Å²) >= 11 is 1.23. The van der Waals surface area contributed by atoms with Crippen molar-refractivity contribution >= 4 is 33.0 Å². The van der Waals surface area contributed by atoms with E-state index in [4.69, 9.17) is 5.73 Å². The van der Waals surface area contributed by atoms with Gasteiger partial charge < -0.3 is 11.1 Å². The van der Waals surface area contributed by atoms with E-state index in [1.807, 2.05) is 0 Å². The van der Waals surface area contributed by atoms with Gasteiger partial charge in [-0.05, 0) is 24.0 Å². The van der Waals surface area contributed by atoms with Gasteiger partial charge in [-0.1, -0.05) is 26.8 Å². The van der Waals surface area contributed by atoms with Gasteiger partial charge in [-0.25, -0.2) is 4.39 Å². The summed E-state index contributed by atoms with van der Waals surface area (Å²) in [5, 5.41) is 3.23. The molecule has 3 nitrogen and oxygen atoms in total. The average molecular weight is 294 g/mol. The first kappa shape index (κ1) is 14.8. The number of nitrogen functional groups attached to an aromatic ring is 1. The van der Waals surface area contributed by atoms with Crippen LogP contribution in [0.1, 0.15) is 36.9 Å². The third kappa shape index (κ3) is 2.77. The van der Waals surface area contributed by atoms with Crippen LogP contribution in [0.2, 0.25) is 0 Å². The van der Waals surface area contributed by atoms with Crippen LogP contribution in [0.25, 0.3) is 10.1 Å². The lowest BCUT2D eigenvalue weighted by Gasteiger charge is -2.22. The number of carbonyl (C=O) groups excluding carboxylic acids is 1. The first-order valence-electron chi connectivity index (χ1n) is 6.60. The second-order valence-corrected chi connectivity index (χ2v) is 6.71. The van der Waals surface area contributed by atoms with E-state index in [1.165, 1.54) is 17.4 Å². The van der Waals surface area contributed by atoms with E-state index in [0.29, 0.717) is 21.5 Å². The Labute approximate surface area is 122 Å².